The van der Waals surface area contributed by atoms with Crippen LogP contribution in [-0.2, 0) is 10.0 Å². The Kier molecular flexibility index (Phi) is 3.97. The van der Waals surface area contributed by atoms with Crippen LogP contribution in [0.5, 0.6) is 0 Å². The summed E-state index contributed by atoms with van der Waals surface area (Å²) in [5, 5.41) is 0.0737. The minimum atomic E-state index is -3.66. The Labute approximate surface area is 109 Å². The van der Waals surface area contributed by atoms with Gasteiger partial charge in [0, 0.05) is 11.6 Å². The number of benzene rings is 1. The van der Waals surface area contributed by atoms with Gasteiger partial charge in [-0.15, -0.1) is 0 Å². The molecule has 1 saturated heterocycles. The van der Waals surface area contributed by atoms with Gasteiger partial charge in [-0.2, -0.15) is 11.8 Å². The predicted octanol–water partition coefficient (Wildman–Crippen LogP) is 2.12. The smallest absolute Gasteiger partial charge is 0.211 e. The first-order valence-electron chi connectivity index (χ1n) is 5.01. The topological polar surface area (TPSA) is 46.2 Å². The largest absolute Gasteiger partial charge is 0.240 e. The third kappa shape index (κ3) is 3.34. The third-order valence-corrected chi connectivity index (χ3v) is 5.45. The second-order valence-corrected chi connectivity index (χ2v) is 7.14. The Morgan fingerprint density at radius 1 is 1.41 bits per heavy atom. The normalized spacial score (nSPS) is 16.8. The first-order valence-corrected chi connectivity index (χ1v) is 8.02. The van der Waals surface area contributed by atoms with Crippen LogP contribution in [-0.4, -0.2) is 26.5 Å². The van der Waals surface area contributed by atoms with Crippen molar-refractivity contribution < 1.29 is 12.8 Å². The van der Waals surface area contributed by atoms with E-state index >= 15 is 0 Å². The van der Waals surface area contributed by atoms with Crippen molar-refractivity contribution >= 4 is 33.4 Å². The number of rotatable bonds is 4. The van der Waals surface area contributed by atoms with Crippen LogP contribution in [0.15, 0.2) is 23.1 Å². The van der Waals surface area contributed by atoms with E-state index < -0.39 is 15.8 Å². The van der Waals surface area contributed by atoms with Gasteiger partial charge in [0.2, 0.25) is 10.0 Å². The monoisotopic (exact) mass is 295 g/mol. The van der Waals surface area contributed by atoms with Crippen LogP contribution in [0.3, 0.4) is 0 Å². The maximum Gasteiger partial charge on any atom is 0.240 e. The van der Waals surface area contributed by atoms with Crippen LogP contribution < -0.4 is 4.72 Å². The molecule has 17 heavy (non-hydrogen) atoms. The Morgan fingerprint density at radius 3 is 2.65 bits per heavy atom. The molecule has 2 rings (SSSR count). The highest BCUT2D eigenvalue weighted by Crippen LogP contribution is 2.24. The summed E-state index contributed by atoms with van der Waals surface area (Å²) < 4.78 is 39.2. The lowest BCUT2D eigenvalue weighted by atomic mass is 10.2. The Bertz CT molecular complexity index is 497. The van der Waals surface area contributed by atoms with Crippen molar-refractivity contribution in [1.82, 2.24) is 4.72 Å². The summed E-state index contributed by atoms with van der Waals surface area (Å²) in [5.74, 6) is 1.65. The number of halogens is 2. The van der Waals surface area contributed by atoms with Crippen molar-refractivity contribution in [2.75, 3.05) is 18.1 Å². The van der Waals surface area contributed by atoms with Crippen LogP contribution in [0.25, 0.3) is 0 Å². The molecule has 1 aliphatic heterocycles. The van der Waals surface area contributed by atoms with Gasteiger partial charge in [-0.25, -0.2) is 17.5 Å². The molecule has 1 aromatic rings. The van der Waals surface area contributed by atoms with Gasteiger partial charge in [-0.3, -0.25) is 0 Å². The van der Waals surface area contributed by atoms with Crippen LogP contribution in [0, 0.1) is 11.7 Å². The predicted molar refractivity (Wildman–Crippen MR) is 67.4 cm³/mol. The van der Waals surface area contributed by atoms with Gasteiger partial charge >= 0.3 is 0 Å². The average molecular weight is 296 g/mol. The zero-order chi connectivity index (χ0) is 12.5. The lowest BCUT2D eigenvalue weighted by molar-refractivity contribution is 0.556. The molecule has 0 aliphatic carbocycles. The Morgan fingerprint density at radius 2 is 2.12 bits per heavy atom. The van der Waals surface area contributed by atoms with Gasteiger partial charge in [0.15, 0.2) is 0 Å². The molecule has 0 atom stereocenters. The molecule has 1 aliphatic rings. The van der Waals surface area contributed by atoms with Gasteiger partial charge in [0.25, 0.3) is 0 Å². The van der Waals surface area contributed by atoms with E-state index in [1.165, 1.54) is 6.07 Å². The number of hydrogen-bond donors (Lipinski definition) is 1. The highest BCUT2D eigenvalue weighted by atomic mass is 35.5. The maximum absolute atomic E-state index is 13.1. The van der Waals surface area contributed by atoms with Crippen LogP contribution >= 0.6 is 23.4 Å². The van der Waals surface area contributed by atoms with E-state index in [9.17, 15) is 12.8 Å². The minimum Gasteiger partial charge on any atom is -0.211 e. The lowest BCUT2D eigenvalue weighted by Gasteiger charge is -2.24. The molecule has 0 aromatic heterocycles. The fourth-order valence-electron chi connectivity index (χ4n) is 1.40. The fraction of sp³-hybridized carbons (Fsp3) is 0.400. The molecule has 0 amide bonds. The van der Waals surface area contributed by atoms with E-state index in [1.54, 1.807) is 11.8 Å². The van der Waals surface area contributed by atoms with Crippen LogP contribution in [0.2, 0.25) is 5.02 Å². The molecular weight excluding hydrogens is 285 g/mol. The molecular formula is C10H11ClFNO2S2. The van der Waals surface area contributed by atoms with E-state index in [0.29, 0.717) is 12.5 Å². The van der Waals surface area contributed by atoms with Crippen molar-refractivity contribution in [2.24, 2.45) is 5.92 Å². The molecule has 94 valence electrons. The Balaban J connectivity index is 2.12. The summed E-state index contributed by atoms with van der Waals surface area (Å²) in [5.41, 5.74) is 0. The zero-order valence-electron chi connectivity index (χ0n) is 8.82. The molecule has 0 unspecified atom stereocenters. The van der Waals surface area contributed by atoms with Crippen molar-refractivity contribution in [3.05, 3.63) is 29.0 Å². The van der Waals surface area contributed by atoms with Gasteiger partial charge in [0.1, 0.15) is 5.82 Å². The summed E-state index contributed by atoms with van der Waals surface area (Å²) >= 11 is 7.40. The van der Waals surface area contributed by atoms with Gasteiger partial charge in [-0.1, -0.05) is 11.6 Å². The number of sulfonamides is 1. The van der Waals surface area contributed by atoms with Crippen molar-refractivity contribution in [1.29, 1.82) is 0 Å². The SMILES string of the molecule is O=S(=O)(NCC1CSC1)c1cc(F)cc(Cl)c1. The molecule has 0 bridgehead atoms. The van der Waals surface area contributed by atoms with E-state index in [1.807, 2.05) is 0 Å². The second-order valence-electron chi connectivity index (χ2n) is 3.86. The molecule has 1 fully saturated rings. The van der Waals surface area contributed by atoms with E-state index in [4.69, 9.17) is 11.6 Å². The number of thioether (sulfide) groups is 1. The fourth-order valence-corrected chi connectivity index (χ4v) is 3.66. The summed E-state index contributed by atoms with van der Waals surface area (Å²) in [7, 11) is -3.66. The van der Waals surface area contributed by atoms with Crippen molar-refractivity contribution in [3.8, 4) is 0 Å². The molecule has 0 saturated carbocycles. The van der Waals surface area contributed by atoms with Gasteiger partial charge < -0.3 is 0 Å². The molecule has 1 aromatic carbocycles. The highest BCUT2D eigenvalue weighted by molar-refractivity contribution is 8.00. The second kappa shape index (κ2) is 5.14. The van der Waals surface area contributed by atoms with Gasteiger partial charge in [-0.05, 0) is 35.6 Å². The van der Waals surface area contributed by atoms with Gasteiger partial charge in [0.05, 0.1) is 4.90 Å². The van der Waals surface area contributed by atoms with E-state index in [-0.39, 0.29) is 9.92 Å². The quantitative estimate of drug-likeness (QED) is 0.925. The summed E-state index contributed by atoms with van der Waals surface area (Å²) in [6.07, 6.45) is 0. The maximum atomic E-state index is 13.1. The van der Waals surface area contributed by atoms with Crippen LogP contribution in [0.1, 0.15) is 0 Å². The van der Waals surface area contributed by atoms with E-state index in [2.05, 4.69) is 4.72 Å². The Hall–Kier alpha value is -0.300. The molecule has 3 nitrogen and oxygen atoms in total. The standard InChI is InChI=1S/C10H11ClFNO2S2/c11-8-1-9(12)3-10(2-8)17(14,15)13-4-7-5-16-6-7/h1-3,7,13H,4-6H2. The first kappa shape index (κ1) is 13.1. The minimum absolute atomic E-state index is 0.0737. The average Bonchev–Trinajstić information content (AvgIpc) is 2.13. The molecule has 0 spiro atoms. The molecule has 0 radical (unpaired) electrons. The van der Waals surface area contributed by atoms with E-state index in [0.717, 1.165) is 23.6 Å². The summed E-state index contributed by atoms with van der Waals surface area (Å²) in [4.78, 5) is -0.130. The molecule has 1 N–H and O–H groups in total. The lowest BCUT2D eigenvalue weighted by Crippen LogP contribution is -2.35. The van der Waals surface area contributed by atoms with Crippen LogP contribution in [0.4, 0.5) is 4.39 Å². The molecule has 7 heteroatoms. The molecule has 1 heterocycles. The van der Waals surface area contributed by atoms with Crippen molar-refractivity contribution in [3.63, 3.8) is 0 Å². The highest BCUT2D eigenvalue weighted by Gasteiger charge is 2.22. The van der Waals surface area contributed by atoms with Crippen molar-refractivity contribution in [2.45, 2.75) is 4.90 Å². The number of hydrogen-bond acceptors (Lipinski definition) is 3. The summed E-state index contributed by atoms with van der Waals surface area (Å²) in [6, 6.07) is 3.27. The third-order valence-electron chi connectivity index (χ3n) is 2.42. The zero-order valence-corrected chi connectivity index (χ0v) is 11.2. The first-order chi connectivity index (χ1) is 7.97. The number of nitrogens with one attached hydrogen (secondary N) is 1. The summed E-state index contributed by atoms with van der Waals surface area (Å²) in [6.45, 7) is 0.392.